The molecule has 6 heteroatoms. The fraction of sp³-hybridized carbons (Fsp3) is 0.316. The Hall–Kier alpha value is -2.94. The summed E-state index contributed by atoms with van der Waals surface area (Å²) in [6.45, 7) is 1.72. The molecule has 0 saturated carbocycles. The molecule has 1 saturated heterocycles. The van der Waals surface area contributed by atoms with E-state index in [4.69, 9.17) is 5.26 Å². The van der Waals surface area contributed by atoms with Crippen LogP contribution in [0.3, 0.4) is 0 Å². The van der Waals surface area contributed by atoms with Crippen molar-refractivity contribution in [3.63, 3.8) is 0 Å². The van der Waals surface area contributed by atoms with Gasteiger partial charge in [-0.2, -0.15) is 5.26 Å². The summed E-state index contributed by atoms with van der Waals surface area (Å²) < 4.78 is 13.8. The number of hydrogen-bond acceptors (Lipinski definition) is 4. The van der Waals surface area contributed by atoms with Gasteiger partial charge in [-0.15, -0.1) is 0 Å². The van der Waals surface area contributed by atoms with Gasteiger partial charge >= 0.3 is 0 Å². The van der Waals surface area contributed by atoms with Crippen molar-refractivity contribution in [1.29, 1.82) is 5.26 Å². The van der Waals surface area contributed by atoms with Crippen molar-refractivity contribution >= 4 is 11.6 Å². The first kappa shape index (κ1) is 16.9. The molecule has 2 heterocycles. The Morgan fingerprint density at radius 1 is 1.32 bits per heavy atom. The van der Waals surface area contributed by atoms with Crippen LogP contribution < -0.4 is 10.2 Å². The molecular weight excluding hydrogens is 319 g/mol. The standard InChI is InChI=1S/C19H19FN4O/c20-17-4-1-5-18(16(17)11-21)24-9-6-15(7-10-24)19(25)23-13-14-3-2-8-22-12-14/h1-5,8,12,15H,6-7,9-10,13H2,(H,23,25). The summed E-state index contributed by atoms with van der Waals surface area (Å²) in [6, 6.07) is 10.3. The molecule has 2 aromatic rings. The lowest BCUT2D eigenvalue weighted by Crippen LogP contribution is -2.40. The van der Waals surface area contributed by atoms with Crippen LogP contribution in [0.5, 0.6) is 0 Å². The van der Waals surface area contributed by atoms with Gasteiger partial charge in [0, 0.05) is 37.9 Å². The predicted octanol–water partition coefficient (Wildman–Crippen LogP) is 2.63. The summed E-state index contributed by atoms with van der Waals surface area (Å²) in [7, 11) is 0. The highest BCUT2D eigenvalue weighted by atomic mass is 19.1. The maximum absolute atomic E-state index is 13.8. The molecule has 1 amide bonds. The van der Waals surface area contributed by atoms with Crippen LogP contribution in [-0.4, -0.2) is 24.0 Å². The van der Waals surface area contributed by atoms with E-state index in [2.05, 4.69) is 10.3 Å². The van der Waals surface area contributed by atoms with Gasteiger partial charge in [0.05, 0.1) is 5.69 Å². The Balaban J connectivity index is 1.56. The van der Waals surface area contributed by atoms with Gasteiger partial charge in [0.2, 0.25) is 5.91 Å². The number of carbonyl (C=O) groups excluding carboxylic acids is 1. The number of aromatic nitrogens is 1. The Kier molecular flexibility index (Phi) is 5.24. The summed E-state index contributed by atoms with van der Waals surface area (Å²) in [5, 5.41) is 12.1. The van der Waals surface area contributed by atoms with Crippen LogP contribution in [0.25, 0.3) is 0 Å². The van der Waals surface area contributed by atoms with Crippen LogP contribution in [0.4, 0.5) is 10.1 Å². The van der Waals surface area contributed by atoms with Crippen molar-refractivity contribution in [2.45, 2.75) is 19.4 Å². The van der Waals surface area contributed by atoms with Crippen molar-refractivity contribution in [2.75, 3.05) is 18.0 Å². The minimum atomic E-state index is -0.503. The lowest BCUT2D eigenvalue weighted by atomic mass is 9.95. The van der Waals surface area contributed by atoms with Gasteiger partial charge in [-0.1, -0.05) is 12.1 Å². The first-order valence-electron chi connectivity index (χ1n) is 8.29. The van der Waals surface area contributed by atoms with Gasteiger partial charge in [-0.3, -0.25) is 9.78 Å². The Labute approximate surface area is 146 Å². The van der Waals surface area contributed by atoms with Gasteiger partial charge in [0.25, 0.3) is 0 Å². The van der Waals surface area contributed by atoms with Crippen molar-refractivity contribution in [1.82, 2.24) is 10.3 Å². The maximum Gasteiger partial charge on any atom is 0.223 e. The normalized spacial score (nSPS) is 14.8. The zero-order chi connectivity index (χ0) is 17.6. The fourth-order valence-electron chi connectivity index (χ4n) is 3.11. The highest BCUT2D eigenvalue weighted by Gasteiger charge is 2.26. The number of nitrogens with one attached hydrogen (secondary N) is 1. The van der Waals surface area contributed by atoms with Crippen molar-refractivity contribution in [2.24, 2.45) is 5.92 Å². The van der Waals surface area contributed by atoms with Gasteiger partial charge in [0.1, 0.15) is 17.4 Å². The molecule has 1 aromatic carbocycles. The summed E-state index contributed by atoms with van der Waals surface area (Å²) in [4.78, 5) is 18.3. The Morgan fingerprint density at radius 2 is 2.12 bits per heavy atom. The number of nitriles is 1. The highest BCUT2D eigenvalue weighted by molar-refractivity contribution is 5.79. The van der Waals surface area contributed by atoms with E-state index in [1.165, 1.54) is 6.07 Å². The third-order valence-electron chi connectivity index (χ3n) is 4.50. The van der Waals surface area contributed by atoms with Crippen LogP contribution in [0, 0.1) is 23.1 Å². The summed E-state index contributed by atoms with van der Waals surface area (Å²) in [5.74, 6) is -0.536. The summed E-state index contributed by atoms with van der Waals surface area (Å²) in [6.07, 6.45) is 4.79. The average molecular weight is 338 g/mol. The molecule has 0 atom stereocenters. The quantitative estimate of drug-likeness (QED) is 0.930. The molecular formula is C19H19FN4O. The summed E-state index contributed by atoms with van der Waals surface area (Å²) in [5.41, 5.74) is 1.64. The predicted molar refractivity (Wildman–Crippen MR) is 92.1 cm³/mol. The summed E-state index contributed by atoms with van der Waals surface area (Å²) >= 11 is 0. The molecule has 1 aliphatic heterocycles. The van der Waals surface area contributed by atoms with E-state index >= 15 is 0 Å². The van der Waals surface area contributed by atoms with E-state index < -0.39 is 5.82 Å². The zero-order valence-corrected chi connectivity index (χ0v) is 13.8. The van der Waals surface area contributed by atoms with Gasteiger partial charge in [-0.25, -0.2) is 4.39 Å². The van der Waals surface area contributed by atoms with E-state index in [1.807, 2.05) is 23.1 Å². The minimum absolute atomic E-state index is 0.0308. The van der Waals surface area contributed by atoms with Gasteiger partial charge < -0.3 is 10.2 Å². The molecule has 0 aliphatic carbocycles. The van der Waals surface area contributed by atoms with Crippen molar-refractivity contribution < 1.29 is 9.18 Å². The number of nitrogens with zero attached hydrogens (tertiary/aromatic N) is 3. The van der Waals surface area contributed by atoms with Crippen LogP contribution in [0.15, 0.2) is 42.7 Å². The Bertz CT molecular complexity index is 780. The molecule has 25 heavy (non-hydrogen) atoms. The molecule has 0 bridgehead atoms. The Morgan fingerprint density at radius 3 is 2.80 bits per heavy atom. The molecule has 1 aromatic heterocycles. The second-order valence-corrected chi connectivity index (χ2v) is 6.09. The van der Waals surface area contributed by atoms with E-state index in [-0.39, 0.29) is 17.4 Å². The topological polar surface area (TPSA) is 69.0 Å². The van der Waals surface area contributed by atoms with E-state index in [0.717, 1.165) is 5.56 Å². The molecule has 128 valence electrons. The van der Waals surface area contributed by atoms with E-state index in [0.29, 0.717) is 38.2 Å². The number of piperidine rings is 1. The first-order valence-corrected chi connectivity index (χ1v) is 8.29. The largest absolute Gasteiger partial charge is 0.370 e. The molecule has 3 rings (SSSR count). The van der Waals surface area contributed by atoms with Gasteiger partial charge in [-0.05, 0) is 36.6 Å². The number of benzene rings is 1. The number of hydrogen-bond donors (Lipinski definition) is 1. The van der Waals surface area contributed by atoms with Crippen LogP contribution in [0.1, 0.15) is 24.0 Å². The molecule has 1 fully saturated rings. The second kappa shape index (κ2) is 7.75. The average Bonchev–Trinajstić information content (AvgIpc) is 2.67. The molecule has 1 aliphatic rings. The lowest BCUT2D eigenvalue weighted by Gasteiger charge is -2.33. The molecule has 5 nitrogen and oxygen atoms in total. The molecule has 0 spiro atoms. The first-order chi connectivity index (χ1) is 12.2. The number of halogens is 1. The third-order valence-corrected chi connectivity index (χ3v) is 4.50. The smallest absolute Gasteiger partial charge is 0.223 e. The number of amides is 1. The highest BCUT2D eigenvalue weighted by Crippen LogP contribution is 2.27. The SMILES string of the molecule is N#Cc1c(F)cccc1N1CCC(C(=O)NCc2cccnc2)CC1. The maximum atomic E-state index is 13.8. The molecule has 0 radical (unpaired) electrons. The van der Waals surface area contributed by atoms with E-state index in [9.17, 15) is 9.18 Å². The van der Waals surface area contributed by atoms with Gasteiger partial charge in [0.15, 0.2) is 0 Å². The van der Waals surface area contributed by atoms with Crippen LogP contribution in [-0.2, 0) is 11.3 Å². The van der Waals surface area contributed by atoms with Crippen molar-refractivity contribution in [3.8, 4) is 6.07 Å². The minimum Gasteiger partial charge on any atom is -0.370 e. The number of anilines is 1. The zero-order valence-electron chi connectivity index (χ0n) is 13.8. The lowest BCUT2D eigenvalue weighted by molar-refractivity contribution is -0.125. The monoisotopic (exact) mass is 338 g/mol. The van der Waals surface area contributed by atoms with E-state index in [1.54, 1.807) is 24.5 Å². The fourth-order valence-corrected chi connectivity index (χ4v) is 3.11. The molecule has 1 N–H and O–H groups in total. The second-order valence-electron chi connectivity index (χ2n) is 6.09. The number of pyridine rings is 1. The number of rotatable bonds is 4. The third kappa shape index (κ3) is 3.94. The van der Waals surface area contributed by atoms with Crippen LogP contribution >= 0.6 is 0 Å². The van der Waals surface area contributed by atoms with Crippen molar-refractivity contribution in [3.05, 3.63) is 59.7 Å². The molecule has 0 unspecified atom stereocenters. The van der Waals surface area contributed by atoms with Crippen LogP contribution in [0.2, 0.25) is 0 Å². The number of carbonyl (C=O) groups is 1.